The Morgan fingerprint density at radius 3 is 2.45 bits per heavy atom. The van der Waals surface area contributed by atoms with Gasteiger partial charge >= 0.3 is 0 Å². The molecular weight excluding hydrogens is 276 g/mol. The second kappa shape index (κ2) is 6.22. The molecule has 0 atom stereocenters. The lowest BCUT2D eigenvalue weighted by Gasteiger charge is -2.17. The number of hydrogen-bond acceptors (Lipinski definition) is 5. The smallest absolute Gasteiger partial charge is 0.230 e. The molecule has 3 rings (SSSR count). The second-order valence-electron chi connectivity index (χ2n) is 4.73. The minimum absolute atomic E-state index is 0.583. The van der Waals surface area contributed by atoms with Crippen LogP contribution in [0.3, 0.4) is 0 Å². The molecule has 0 bridgehead atoms. The van der Waals surface area contributed by atoms with Gasteiger partial charge in [-0.3, -0.25) is 0 Å². The van der Waals surface area contributed by atoms with Crippen molar-refractivity contribution in [2.45, 2.75) is 0 Å². The fraction of sp³-hybridized carbons (Fsp3) is 0.118. The Bertz CT molecular complexity index is 744. The van der Waals surface area contributed by atoms with Crippen LogP contribution in [-0.4, -0.2) is 29.1 Å². The van der Waals surface area contributed by atoms with Crippen molar-refractivity contribution < 1.29 is 4.74 Å². The van der Waals surface area contributed by atoms with Crippen molar-refractivity contribution in [1.29, 1.82) is 0 Å². The Balaban J connectivity index is 1.92. The zero-order valence-corrected chi connectivity index (χ0v) is 12.5. The molecule has 2 heterocycles. The highest BCUT2D eigenvalue weighted by Crippen LogP contribution is 2.23. The zero-order valence-electron chi connectivity index (χ0n) is 12.5. The summed E-state index contributed by atoms with van der Waals surface area (Å²) in [5.41, 5.74) is 2.78. The Kier molecular flexibility index (Phi) is 3.96. The highest BCUT2D eigenvalue weighted by Gasteiger charge is 2.08. The maximum Gasteiger partial charge on any atom is 0.230 e. The monoisotopic (exact) mass is 292 g/mol. The molecule has 0 fully saturated rings. The van der Waals surface area contributed by atoms with Crippen molar-refractivity contribution >= 4 is 11.6 Å². The summed E-state index contributed by atoms with van der Waals surface area (Å²) >= 11 is 0. The van der Waals surface area contributed by atoms with Crippen LogP contribution in [0.25, 0.3) is 11.3 Å². The van der Waals surface area contributed by atoms with E-state index in [0.29, 0.717) is 11.8 Å². The molecule has 0 amide bonds. The summed E-state index contributed by atoms with van der Waals surface area (Å²) < 4.78 is 5.07. The van der Waals surface area contributed by atoms with Gasteiger partial charge in [-0.15, -0.1) is 0 Å². The van der Waals surface area contributed by atoms with Crippen LogP contribution in [0.2, 0.25) is 0 Å². The first-order valence-electron chi connectivity index (χ1n) is 6.90. The minimum atomic E-state index is 0.583. The maximum absolute atomic E-state index is 5.07. The molecule has 0 saturated heterocycles. The van der Waals surface area contributed by atoms with Crippen LogP contribution in [0.1, 0.15) is 0 Å². The Hall–Kier alpha value is -2.95. The molecule has 22 heavy (non-hydrogen) atoms. The SMILES string of the molecule is COc1ccc(-c2ccnc(N(C)c3ccccc3)n2)cn1. The first-order valence-corrected chi connectivity index (χ1v) is 6.90. The third kappa shape index (κ3) is 2.88. The van der Waals surface area contributed by atoms with Gasteiger partial charge in [-0.05, 0) is 24.3 Å². The molecule has 0 aliphatic heterocycles. The lowest BCUT2D eigenvalue weighted by molar-refractivity contribution is 0.398. The van der Waals surface area contributed by atoms with E-state index >= 15 is 0 Å². The number of para-hydroxylation sites is 1. The summed E-state index contributed by atoms with van der Waals surface area (Å²) in [6.07, 6.45) is 3.49. The summed E-state index contributed by atoms with van der Waals surface area (Å²) in [5, 5.41) is 0. The number of ether oxygens (including phenoxy) is 1. The van der Waals surface area contributed by atoms with Gasteiger partial charge in [0.15, 0.2) is 0 Å². The van der Waals surface area contributed by atoms with E-state index in [0.717, 1.165) is 16.9 Å². The molecule has 0 radical (unpaired) electrons. The van der Waals surface area contributed by atoms with E-state index in [4.69, 9.17) is 4.74 Å². The molecule has 0 aliphatic carbocycles. The highest BCUT2D eigenvalue weighted by molar-refractivity contribution is 5.62. The van der Waals surface area contributed by atoms with E-state index in [1.165, 1.54) is 0 Å². The van der Waals surface area contributed by atoms with Gasteiger partial charge in [-0.2, -0.15) is 0 Å². The average molecular weight is 292 g/mol. The molecule has 0 spiro atoms. The molecule has 110 valence electrons. The second-order valence-corrected chi connectivity index (χ2v) is 4.73. The van der Waals surface area contributed by atoms with Crippen molar-refractivity contribution in [1.82, 2.24) is 15.0 Å². The molecule has 1 aromatic carbocycles. The van der Waals surface area contributed by atoms with Crippen molar-refractivity contribution in [2.24, 2.45) is 0 Å². The van der Waals surface area contributed by atoms with E-state index in [1.54, 1.807) is 19.5 Å². The summed E-state index contributed by atoms with van der Waals surface area (Å²) in [6, 6.07) is 15.6. The molecule has 3 aromatic rings. The molecule has 0 unspecified atom stereocenters. The molecular formula is C17H16N4O. The van der Waals surface area contributed by atoms with Gasteiger partial charge in [0, 0.05) is 36.8 Å². The van der Waals surface area contributed by atoms with Crippen LogP contribution < -0.4 is 9.64 Å². The number of hydrogen-bond donors (Lipinski definition) is 0. The van der Waals surface area contributed by atoms with Gasteiger partial charge in [0.05, 0.1) is 12.8 Å². The van der Waals surface area contributed by atoms with Crippen LogP contribution in [0.5, 0.6) is 5.88 Å². The van der Waals surface area contributed by atoms with E-state index in [9.17, 15) is 0 Å². The summed E-state index contributed by atoms with van der Waals surface area (Å²) in [7, 11) is 3.54. The number of nitrogens with zero attached hydrogens (tertiary/aromatic N) is 4. The third-order valence-corrected chi connectivity index (χ3v) is 3.33. The maximum atomic E-state index is 5.07. The third-order valence-electron chi connectivity index (χ3n) is 3.33. The fourth-order valence-corrected chi connectivity index (χ4v) is 2.09. The van der Waals surface area contributed by atoms with Crippen LogP contribution >= 0.6 is 0 Å². The van der Waals surface area contributed by atoms with E-state index in [1.807, 2.05) is 60.5 Å². The largest absolute Gasteiger partial charge is 0.481 e. The van der Waals surface area contributed by atoms with Crippen LogP contribution in [-0.2, 0) is 0 Å². The lowest BCUT2D eigenvalue weighted by Crippen LogP contribution is -2.13. The molecule has 5 nitrogen and oxygen atoms in total. The van der Waals surface area contributed by atoms with Gasteiger partial charge in [0.2, 0.25) is 11.8 Å². The molecule has 0 N–H and O–H groups in total. The number of anilines is 2. The Labute approximate surface area is 129 Å². The van der Waals surface area contributed by atoms with Gasteiger partial charge < -0.3 is 9.64 Å². The number of benzene rings is 1. The molecule has 5 heteroatoms. The summed E-state index contributed by atoms with van der Waals surface area (Å²) in [4.78, 5) is 15.1. The Morgan fingerprint density at radius 1 is 0.955 bits per heavy atom. The van der Waals surface area contributed by atoms with Crippen LogP contribution in [0.4, 0.5) is 11.6 Å². The topological polar surface area (TPSA) is 51.1 Å². The van der Waals surface area contributed by atoms with Crippen molar-refractivity contribution in [3.05, 3.63) is 60.9 Å². The van der Waals surface area contributed by atoms with E-state index in [2.05, 4.69) is 15.0 Å². The standard InChI is InChI=1S/C17H16N4O/c1-21(14-6-4-3-5-7-14)17-18-11-10-15(20-17)13-8-9-16(22-2)19-12-13/h3-12H,1-2H3. The van der Waals surface area contributed by atoms with Gasteiger partial charge in [-0.1, -0.05) is 18.2 Å². The molecule has 0 aliphatic rings. The number of pyridine rings is 1. The highest BCUT2D eigenvalue weighted by atomic mass is 16.5. The van der Waals surface area contributed by atoms with Crippen molar-refractivity contribution in [3.63, 3.8) is 0 Å². The minimum Gasteiger partial charge on any atom is -0.481 e. The number of methoxy groups -OCH3 is 1. The summed E-state index contributed by atoms with van der Waals surface area (Å²) in [5.74, 6) is 1.22. The quantitative estimate of drug-likeness (QED) is 0.738. The predicted octanol–water partition coefficient (Wildman–Crippen LogP) is 3.32. The van der Waals surface area contributed by atoms with Crippen LogP contribution in [0.15, 0.2) is 60.9 Å². The number of aromatic nitrogens is 3. The fourth-order valence-electron chi connectivity index (χ4n) is 2.09. The first kappa shape index (κ1) is 14.0. The van der Waals surface area contributed by atoms with Crippen molar-refractivity contribution in [3.8, 4) is 17.1 Å². The number of rotatable bonds is 4. The molecule has 2 aromatic heterocycles. The first-order chi connectivity index (χ1) is 10.8. The zero-order chi connectivity index (χ0) is 15.4. The van der Waals surface area contributed by atoms with Crippen molar-refractivity contribution in [2.75, 3.05) is 19.1 Å². The lowest BCUT2D eigenvalue weighted by atomic mass is 10.2. The Morgan fingerprint density at radius 2 is 1.77 bits per heavy atom. The van der Waals surface area contributed by atoms with Gasteiger partial charge in [0.25, 0.3) is 0 Å². The van der Waals surface area contributed by atoms with Crippen LogP contribution in [0, 0.1) is 0 Å². The van der Waals surface area contributed by atoms with E-state index < -0.39 is 0 Å². The molecule has 0 saturated carbocycles. The summed E-state index contributed by atoms with van der Waals surface area (Å²) in [6.45, 7) is 0. The van der Waals surface area contributed by atoms with E-state index in [-0.39, 0.29) is 0 Å². The van der Waals surface area contributed by atoms with Gasteiger partial charge in [0.1, 0.15) is 0 Å². The average Bonchev–Trinajstić information content (AvgIpc) is 2.62. The normalized spacial score (nSPS) is 10.3. The van der Waals surface area contributed by atoms with Gasteiger partial charge in [-0.25, -0.2) is 15.0 Å². The predicted molar refractivity (Wildman–Crippen MR) is 86.3 cm³/mol.